The number of nitriles is 1. The normalized spacial score (nSPS) is 10.7. The molecule has 0 aliphatic carbocycles. The lowest BCUT2D eigenvalue weighted by Crippen LogP contribution is -2.09. The molecule has 27 heavy (non-hydrogen) atoms. The number of imidazole rings is 1. The number of halogens is 1. The van der Waals surface area contributed by atoms with Crippen LogP contribution in [0.15, 0.2) is 61.2 Å². The highest BCUT2D eigenvalue weighted by molar-refractivity contribution is 6.33. The Hall–Kier alpha value is -3.56. The van der Waals surface area contributed by atoms with E-state index >= 15 is 0 Å². The number of fused-ring (bicyclic) bond motifs is 1. The second kappa shape index (κ2) is 6.98. The third-order valence-corrected chi connectivity index (χ3v) is 4.66. The summed E-state index contributed by atoms with van der Waals surface area (Å²) in [5.74, 6) is 0.416. The van der Waals surface area contributed by atoms with Crippen molar-refractivity contribution in [1.29, 1.82) is 5.26 Å². The lowest BCUT2D eigenvalue weighted by atomic mass is 9.99. The van der Waals surface area contributed by atoms with Crippen LogP contribution in [0.5, 0.6) is 0 Å². The summed E-state index contributed by atoms with van der Waals surface area (Å²) in [6, 6.07) is 13.4. The molecule has 0 aliphatic rings. The largest absolute Gasteiger partial charge is 0.384 e. The lowest BCUT2D eigenvalue weighted by molar-refractivity contribution is 1.10. The van der Waals surface area contributed by atoms with Gasteiger partial charge in [0.25, 0.3) is 0 Å². The fourth-order valence-corrected chi connectivity index (χ4v) is 3.31. The lowest BCUT2D eigenvalue weighted by Gasteiger charge is -2.17. The van der Waals surface area contributed by atoms with Gasteiger partial charge < -0.3 is 11.1 Å². The number of pyridine rings is 2. The monoisotopic (exact) mass is 374 g/mol. The van der Waals surface area contributed by atoms with Crippen molar-refractivity contribution in [3.63, 3.8) is 0 Å². The molecule has 0 saturated carbocycles. The molecular formula is C20H15ClN6. The molecule has 132 valence electrons. The Bertz CT molecular complexity index is 1160. The summed E-state index contributed by atoms with van der Waals surface area (Å²) >= 11 is 6.39. The molecule has 0 aliphatic heterocycles. The van der Waals surface area contributed by atoms with Gasteiger partial charge in [0.05, 0.1) is 11.3 Å². The fraction of sp³-hybridized carbons (Fsp3) is 0.0500. The van der Waals surface area contributed by atoms with E-state index in [0.717, 1.165) is 5.56 Å². The fourth-order valence-electron chi connectivity index (χ4n) is 3.08. The van der Waals surface area contributed by atoms with E-state index in [1.54, 1.807) is 35.3 Å². The molecule has 4 rings (SSSR count). The molecule has 4 aromatic rings. The summed E-state index contributed by atoms with van der Waals surface area (Å²) in [7, 11) is 0. The first-order valence-corrected chi connectivity index (χ1v) is 8.64. The number of hydrogen-bond donors (Lipinski definition) is 2. The highest BCUT2D eigenvalue weighted by atomic mass is 35.5. The van der Waals surface area contributed by atoms with Crippen molar-refractivity contribution in [3.05, 3.63) is 77.3 Å². The van der Waals surface area contributed by atoms with Crippen LogP contribution in [0, 0.1) is 11.3 Å². The number of nitrogen functional groups attached to an aromatic ring is 1. The molecule has 0 amide bonds. The highest BCUT2D eigenvalue weighted by Gasteiger charge is 2.21. The topological polar surface area (TPSA) is 92.0 Å². The first kappa shape index (κ1) is 16.9. The zero-order valence-corrected chi connectivity index (χ0v) is 15.0. The zero-order valence-electron chi connectivity index (χ0n) is 14.2. The summed E-state index contributed by atoms with van der Waals surface area (Å²) in [5.41, 5.74) is 10.3. The van der Waals surface area contributed by atoms with Gasteiger partial charge in [-0.2, -0.15) is 5.26 Å². The SMILES string of the molecule is N#Cc1c(-c2ccccc2Cl)c(N)n2ccnc2c1NCc1cccnc1. The van der Waals surface area contributed by atoms with E-state index in [-0.39, 0.29) is 0 Å². The quantitative estimate of drug-likeness (QED) is 0.560. The number of hydrogen-bond acceptors (Lipinski definition) is 5. The average Bonchev–Trinajstić information content (AvgIpc) is 3.19. The van der Waals surface area contributed by atoms with Crippen molar-refractivity contribution in [1.82, 2.24) is 14.4 Å². The van der Waals surface area contributed by atoms with E-state index in [0.29, 0.717) is 45.4 Å². The van der Waals surface area contributed by atoms with Crippen molar-refractivity contribution >= 4 is 28.8 Å². The van der Waals surface area contributed by atoms with E-state index in [1.807, 2.05) is 30.3 Å². The molecule has 3 heterocycles. The number of rotatable bonds is 4. The number of aromatic nitrogens is 3. The van der Waals surface area contributed by atoms with Crippen LogP contribution in [-0.4, -0.2) is 14.4 Å². The summed E-state index contributed by atoms with van der Waals surface area (Å²) in [6.45, 7) is 0.497. The van der Waals surface area contributed by atoms with Gasteiger partial charge in [0.15, 0.2) is 5.65 Å². The Morgan fingerprint density at radius 2 is 2.04 bits per heavy atom. The summed E-state index contributed by atoms with van der Waals surface area (Å²) in [6.07, 6.45) is 6.91. The second-order valence-corrected chi connectivity index (χ2v) is 6.34. The molecule has 3 N–H and O–H groups in total. The van der Waals surface area contributed by atoms with Crippen LogP contribution in [0.3, 0.4) is 0 Å². The first-order valence-electron chi connectivity index (χ1n) is 8.27. The summed E-state index contributed by atoms with van der Waals surface area (Å²) in [5, 5.41) is 13.8. The molecule has 7 heteroatoms. The van der Waals surface area contributed by atoms with E-state index in [9.17, 15) is 5.26 Å². The van der Waals surface area contributed by atoms with Gasteiger partial charge in [-0.15, -0.1) is 0 Å². The van der Waals surface area contributed by atoms with E-state index < -0.39 is 0 Å². The van der Waals surface area contributed by atoms with Crippen LogP contribution in [0.1, 0.15) is 11.1 Å². The molecular weight excluding hydrogens is 360 g/mol. The Morgan fingerprint density at radius 1 is 1.19 bits per heavy atom. The maximum Gasteiger partial charge on any atom is 0.163 e. The number of nitrogens with two attached hydrogens (primary N) is 1. The van der Waals surface area contributed by atoms with Crippen molar-refractivity contribution in [2.45, 2.75) is 6.54 Å². The molecule has 0 unspecified atom stereocenters. The van der Waals surface area contributed by atoms with Crippen molar-refractivity contribution in [3.8, 4) is 17.2 Å². The average molecular weight is 375 g/mol. The number of anilines is 2. The second-order valence-electron chi connectivity index (χ2n) is 5.94. The van der Waals surface area contributed by atoms with Gasteiger partial charge in [-0.25, -0.2) is 4.98 Å². The summed E-state index contributed by atoms with van der Waals surface area (Å²) in [4.78, 5) is 8.50. The predicted molar refractivity (Wildman–Crippen MR) is 106 cm³/mol. The highest BCUT2D eigenvalue weighted by Crippen LogP contribution is 2.39. The Balaban J connectivity index is 1.93. The van der Waals surface area contributed by atoms with Crippen LogP contribution < -0.4 is 11.1 Å². The van der Waals surface area contributed by atoms with E-state index in [2.05, 4.69) is 21.4 Å². The maximum atomic E-state index is 9.93. The van der Waals surface area contributed by atoms with Gasteiger partial charge in [0.2, 0.25) is 0 Å². The van der Waals surface area contributed by atoms with Gasteiger partial charge in [0.1, 0.15) is 11.9 Å². The molecule has 6 nitrogen and oxygen atoms in total. The molecule has 0 fully saturated rings. The smallest absolute Gasteiger partial charge is 0.163 e. The minimum absolute atomic E-state index is 0.406. The van der Waals surface area contributed by atoms with Crippen molar-refractivity contribution in [2.24, 2.45) is 0 Å². The standard InChI is InChI=1S/C20H15ClN6/c21-16-6-2-1-5-14(16)17-15(10-22)18(20-25-8-9-27(20)19(17)23)26-12-13-4-3-7-24-11-13/h1-9,11,26H,12,23H2. The molecule has 0 atom stereocenters. The third-order valence-electron chi connectivity index (χ3n) is 4.33. The molecule has 0 radical (unpaired) electrons. The van der Waals surface area contributed by atoms with E-state index in [4.69, 9.17) is 17.3 Å². The molecule has 0 spiro atoms. The van der Waals surface area contributed by atoms with Crippen LogP contribution in [0.4, 0.5) is 11.5 Å². The van der Waals surface area contributed by atoms with E-state index in [1.165, 1.54) is 0 Å². The molecule has 1 aromatic carbocycles. The molecule has 3 aromatic heterocycles. The van der Waals surface area contributed by atoms with Gasteiger partial charge in [-0.3, -0.25) is 9.38 Å². The van der Waals surface area contributed by atoms with Crippen LogP contribution in [-0.2, 0) is 6.54 Å². The Labute approximate surface area is 160 Å². The third kappa shape index (κ3) is 2.94. The van der Waals surface area contributed by atoms with Gasteiger partial charge in [-0.1, -0.05) is 35.9 Å². The van der Waals surface area contributed by atoms with Crippen molar-refractivity contribution in [2.75, 3.05) is 11.1 Å². The Morgan fingerprint density at radius 3 is 2.78 bits per heavy atom. The number of nitrogens with one attached hydrogen (secondary N) is 1. The number of benzene rings is 1. The van der Waals surface area contributed by atoms with Crippen LogP contribution in [0.25, 0.3) is 16.8 Å². The Kier molecular flexibility index (Phi) is 4.37. The zero-order chi connectivity index (χ0) is 18.8. The molecule has 0 bridgehead atoms. The van der Waals surface area contributed by atoms with Crippen LogP contribution >= 0.6 is 11.6 Å². The predicted octanol–water partition coefficient (Wildman–Crippen LogP) is 4.12. The van der Waals surface area contributed by atoms with Gasteiger partial charge in [-0.05, 0) is 17.7 Å². The van der Waals surface area contributed by atoms with Crippen molar-refractivity contribution < 1.29 is 0 Å². The van der Waals surface area contributed by atoms with Gasteiger partial charge in [0, 0.05) is 47.5 Å². The maximum absolute atomic E-state index is 9.93. The first-order chi connectivity index (χ1) is 13.2. The minimum atomic E-state index is 0.406. The minimum Gasteiger partial charge on any atom is -0.384 e. The molecule has 0 saturated heterocycles. The summed E-state index contributed by atoms with van der Waals surface area (Å²) < 4.78 is 1.76. The number of nitrogens with zero attached hydrogens (tertiary/aromatic N) is 4. The van der Waals surface area contributed by atoms with Gasteiger partial charge >= 0.3 is 0 Å². The van der Waals surface area contributed by atoms with Crippen LogP contribution in [0.2, 0.25) is 5.02 Å².